The lowest BCUT2D eigenvalue weighted by molar-refractivity contribution is 0.260. The van der Waals surface area contributed by atoms with Crippen molar-refractivity contribution in [1.29, 1.82) is 0 Å². The molecule has 1 atom stereocenters. The van der Waals surface area contributed by atoms with Crippen LogP contribution in [0.1, 0.15) is 29.5 Å². The Morgan fingerprint density at radius 2 is 2.08 bits per heavy atom. The summed E-state index contributed by atoms with van der Waals surface area (Å²) in [7, 11) is 2.16. The monoisotopic (exact) mass is 339 g/mol. The molecule has 132 valence electrons. The second kappa shape index (κ2) is 6.61. The Bertz CT molecular complexity index is 792. The molecule has 1 fully saturated rings. The van der Waals surface area contributed by atoms with Crippen molar-refractivity contribution < 1.29 is 5.11 Å². The maximum Gasteiger partial charge on any atom is 0.153 e. The molecular weight excluding hydrogens is 314 g/mol. The third-order valence-corrected chi connectivity index (χ3v) is 5.16. The third-order valence-electron chi connectivity index (χ3n) is 5.16. The van der Waals surface area contributed by atoms with Gasteiger partial charge >= 0.3 is 0 Å². The minimum atomic E-state index is 0.262. The molecule has 0 aliphatic carbocycles. The van der Waals surface area contributed by atoms with Crippen molar-refractivity contribution in [3.8, 4) is 17.0 Å². The molecule has 1 aromatic carbocycles. The molecule has 0 radical (unpaired) electrons. The first-order valence-corrected chi connectivity index (χ1v) is 8.96. The Kier molecular flexibility index (Phi) is 4.31. The highest BCUT2D eigenvalue weighted by atomic mass is 16.3. The third kappa shape index (κ3) is 3.19. The molecule has 0 saturated carbocycles. The Labute approximate surface area is 148 Å². The first kappa shape index (κ1) is 16.3. The van der Waals surface area contributed by atoms with E-state index in [2.05, 4.69) is 32.8 Å². The van der Waals surface area contributed by atoms with Gasteiger partial charge in [-0.1, -0.05) is 6.07 Å². The maximum absolute atomic E-state index is 10.3. The predicted molar refractivity (Wildman–Crippen MR) is 98.6 cm³/mol. The Hall–Kier alpha value is -2.18. The first-order chi connectivity index (χ1) is 12.1. The number of aromatic hydroxyl groups is 1. The minimum Gasteiger partial charge on any atom is -0.507 e. The number of phenols is 1. The molecule has 6 heteroatoms. The lowest BCUT2D eigenvalue weighted by Gasteiger charge is -2.30. The van der Waals surface area contributed by atoms with E-state index in [0.717, 1.165) is 60.8 Å². The van der Waals surface area contributed by atoms with E-state index in [9.17, 15) is 5.11 Å². The number of hydrogen-bond acceptors (Lipinski definition) is 6. The summed E-state index contributed by atoms with van der Waals surface area (Å²) in [6, 6.07) is 6.11. The summed E-state index contributed by atoms with van der Waals surface area (Å²) >= 11 is 0. The molecular formula is C19H25N5O. The fourth-order valence-electron chi connectivity index (χ4n) is 3.85. The van der Waals surface area contributed by atoms with E-state index in [0.29, 0.717) is 6.04 Å². The van der Waals surface area contributed by atoms with Crippen molar-refractivity contribution in [2.24, 2.45) is 0 Å². The molecule has 2 aliphatic rings. The second-order valence-electron chi connectivity index (χ2n) is 7.22. The maximum atomic E-state index is 10.3. The van der Waals surface area contributed by atoms with Crippen LogP contribution >= 0.6 is 0 Å². The zero-order valence-electron chi connectivity index (χ0n) is 14.8. The van der Waals surface area contributed by atoms with Gasteiger partial charge in [0.25, 0.3) is 0 Å². The molecule has 3 heterocycles. The topological polar surface area (TPSA) is 73.3 Å². The lowest BCUT2D eigenvalue weighted by Crippen LogP contribution is -2.40. The van der Waals surface area contributed by atoms with Crippen LogP contribution < -0.4 is 10.6 Å². The molecule has 0 spiro atoms. The van der Waals surface area contributed by atoms with Crippen LogP contribution in [0.15, 0.2) is 18.2 Å². The standard InChI is InChI=1S/C19H25N5O/c1-12-5-6-14(17(25)8-12)18-15-9-20-10-16(15)19(23-22-18)21-13-4-3-7-24(2)11-13/h5-6,8,13,20,25H,3-4,7,9-11H2,1-2H3,(H,21,23)/t13-/m1/s1. The molecule has 2 aliphatic heterocycles. The fourth-order valence-corrected chi connectivity index (χ4v) is 3.85. The number of phenolic OH excluding ortho intramolecular Hbond substituents is 1. The quantitative estimate of drug-likeness (QED) is 0.797. The number of nitrogens with one attached hydrogen (secondary N) is 2. The van der Waals surface area contributed by atoms with Crippen LogP contribution in [0, 0.1) is 6.92 Å². The lowest BCUT2D eigenvalue weighted by atomic mass is 10.0. The number of fused-ring (bicyclic) bond motifs is 1. The average Bonchev–Trinajstić information content (AvgIpc) is 3.06. The molecule has 6 nitrogen and oxygen atoms in total. The Morgan fingerprint density at radius 1 is 1.24 bits per heavy atom. The van der Waals surface area contributed by atoms with Gasteiger partial charge in [-0.3, -0.25) is 0 Å². The summed E-state index contributed by atoms with van der Waals surface area (Å²) in [5, 5.41) is 26.3. The van der Waals surface area contributed by atoms with Crippen LogP contribution in [0.5, 0.6) is 5.75 Å². The van der Waals surface area contributed by atoms with Crippen molar-refractivity contribution >= 4 is 5.82 Å². The van der Waals surface area contributed by atoms with Gasteiger partial charge in [-0.25, -0.2) is 0 Å². The number of anilines is 1. The van der Waals surface area contributed by atoms with Crippen LogP contribution in [0.3, 0.4) is 0 Å². The van der Waals surface area contributed by atoms with Gasteiger partial charge in [0.2, 0.25) is 0 Å². The zero-order chi connectivity index (χ0) is 17.4. The Morgan fingerprint density at radius 3 is 2.88 bits per heavy atom. The van der Waals surface area contributed by atoms with Gasteiger partial charge in [0, 0.05) is 42.4 Å². The van der Waals surface area contributed by atoms with Crippen molar-refractivity contribution in [2.75, 3.05) is 25.5 Å². The number of piperidine rings is 1. The minimum absolute atomic E-state index is 0.262. The molecule has 0 bridgehead atoms. The van der Waals surface area contributed by atoms with Crippen LogP contribution in [-0.2, 0) is 13.1 Å². The molecule has 0 amide bonds. The number of nitrogens with zero attached hydrogens (tertiary/aromatic N) is 3. The van der Waals surface area contributed by atoms with Crippen LogP contribution in [0.2, 0.25) is 0 Å². The highest BCUT2D eigenvalue weighted by Crippen LogP contribution is 2.35. The van der Waals surface area contributed by atoms with Crippen molar-refractivity contribution in [2.45, 2.75) is 38.9 Å². The second-order valence-corrected chi connectivity index (χ2v) is 7.22. The van der Waals surface area contributed by atoms with E-state index < -0.39 is 0 Å². The van der Waals surface area contributed by atoms with E-state index in [-0.39, 0.29) is 5.75 Å². The van der Waals surface area contributed by atoms with E-state index in [4.69, 9.17) is 0 Å². The number of aryl methyl sites for hydroxylation is 1. The van der Waals surface area contributed by atoms with Gasteiger partial charge < -0.3 is 20.6 Å². The Balaban J connectivity index is 1.67. The van der Waals surface area contributed by atoms with E-state index >= 15 is 0 Å². The zero-order valence-corrected chi connectivity index (χ0v) is 14.8. The normalized spacial score (nSPS) is 20.5. The highest BCUT2D eigenvalue weighted by molar-refractivity contribution is 5.73. The molecule has 3 N–H and O–H groups in total. The van der Waals surface area contributed by atoms with Crippen molar-refractivity contribution in [3.05, 3.63) is 34.9 Å². The fraction of sp³-hybridized carbons (Fsp3) is 0.474. The van der Waals surface area contributed by atoms with Gasteiger partial charge in [0.1, 0.15) is 11.4 Å². The van der Waals surface area contributed by atoms with E-state index in [1.807, 2.05) is 19.1 Å². The van der Waals surface area contributed by atoms with Gasteiger partial charge in [0.05, 0.1) is 0 Å². The predicted octanol–water partition coefficient (Wildman–Crippen LogP) is 2.27. The largest absolute Gasteiger partial charge is 0.507 e. The molecule has 4 rings (SSSR count). The number of hydrogen-bond donors (Lipinski definition) is 3. The smallest absolute Gasteiger partial charge is 0.153 e. The van der Waals surface area contributed by atoms with Gasteiger partial charge in [0.15, 0.2) is 5.82 Å². The summed E-state index contributed by atoms with van der Waals surface area (Å²) in [6.45, 7) is 5.71. The summed E-state index contributed by atoms with van der Waals surface area (Å²) in [4.78, 5) is 2.35. The summed E-state index contributed by atoms with van der Waals surface area (Å²) in [5.74, 6) is 1.15. The van der Waals surface area contributed by atoms with Gasteiger partial charge in [-0.15, -0.1) is 10.2 Å². The highest BCUT2D eigenvalue weighted by Gasteiger charge is 2.25. The molecule has 2 aromatic rings. The van der Waals surface area contributed by atoms with E-state index in [1.165, 1.54) is 12.0 Å². The molecule has 0 unspecified atom stereocenters. The van der Waals surface area contributed by atoms with Crippen molar-refractivity contribution in [1.82, 2.24) is 20.4 Å². The van der Waals surface area contributed by atoms with Crippen LogP contribution in [-0.4, -0.2) is 46.4 Å². The summed E-state index contributed by atoms with van der Waals surface area (Å²) in [5.41, 5.74) is 4.88. The van der Waals surface area contributed by atoms with Gasteiger partial charge in [-0.05, 0) is 51.1 Å². The number of likely N-dealkylation sites (tertiary alicyclic amines) is 1. The summed E-state index contributed by atoms with van der Waals surface area (Å²) < 4.78 is 0. The molecule has 1 saturated heterocycles. The number of aromatic nitrogens is 2. The average molecular weight is 339 g/mol. The molecule has 25 heavy (non-hydrogen) atoms. The van der Waals surface area contributed by atoms with E-state index in [1.54, 1.807) is 6.07 Å². The number of rotatable bonds is 3. The summed E-state index contributed by atoms with van der Waals surface area (Å²) in [6.07, 6.45) is 2.37. The number of likely N-dealkylation sites (N-methyl/N-ethyl adjacent to an activating group) is 1. The molecule has 1 aromatic heterocycles. The van der Waals surface area contributed by atoms with Crippen LogP contribution in [0.25, 0.3) is 11.3 Å². The van der Waals surface area contributed by atoms with Crippen LogP contribution in [0.4, 0.5) is 5.82 Å². The van der Waals surface area contributed by atoms with Crippen molar-refractivity contribution in [3.63, 3.8) is 0 Å². The first-order valence-electron chi connectivity index (χ1n) is 8.96. The SMILES string of the molecule is Cc1ccc(-c2nnc(N[C@@H]3CCCN(C)C3)c3c2CNC3)c(O)c1. The van der Waals surface area contributed by atoms with Gasteiger partial charge in [-0.2, -0.15) is 0 Å². The number of benzene rings is 1.